The van der Waals surface area contributed by atoms with Crippen LogP contribution in [0.4, 0.5) is 0 Å². The standard InChI is InChI=1S/C24H23N/c25-24-22(19-12-6-2-7-13-19)17-16-21(18-10-4-1-5-11-18)23(24)20-14-8-3-9-15-20/h1-16,22-24H,17,25H2. The Bertz CT molecular complexity index is 837. The first kappa shape index (κ1) is 15.9. The van der Waals surface area contributed by atoms with Crippen molar-refractivity contribution >= 4 is 5.57 Å². The Hall–Kier alpha value is -2.64. The molecule has 3 unspecified atom stereocenters. The van der Waals surface area contributed by atoms with Crippen LogP contribution in [0.25, 0.3) is 5.57 Å². The monoisotopic (exact) mass is 325 g/mol. The quantitative estimate of drug-likeness (QED) is 0.688. The molecule has 0 spiro atoms. The molecule has 3 aromatic carbocycles. The van der Waals surface area contributed by atoms with E-state index in [9.17, 15) is 0 Å². The molecular weight excluding hydrogens is 302 g/mol. The third kappa shape index (κ3) is 3.16. The maximum atomic E-state index is 6.87. The van der Waals surface area contributed by atoms with Gasteiger partial charge in [0.1, 0.15) is 0 Å². The summed E-state index contributed by atoms with van der Waals surface area (Å²) in [6.45, 7) is 0. The van der Waals surface area contributed by atoms with Crippen LogP contribution in [-0.2, 0) is 0 Å². The molecule has 1 nitrogen and oxygen atoms in total. The lowest BCUT2D eigenvalue weighted by Crippen LogP contribution is -2.37. The van der Waals surface area contributed by atoms with E-state index < -0.39 is 0 Å². The summed E-state index contributed by atoms with van der Waals surface area (Å²) < 4.78 is 0. The zero-order chi connectivity index (χ0) is 17.1. The SMILES string of the molecule is NC1C(c2ccccc2)CC=C(c2ccccc2)C1c1ccccc1. The van der Waals surface area contributed by atoms with E-state index in [1.54, 1.807) is 0 Å². The Kier molecular flexibility index (Phi) is 4.49. The second-order valence-corrected chi connectivity index (χ2v) is 6.74. The Balaban J connectivity index is 1.79. The third-order valence-electron chi connectivity index (χ3n) is 5.27. The zero-order valence-corrected chi connectivity index (χ0v) is 14.3. The van der Waals surface area contributed by atoms with Gasteiger partial charge in [0.2, 0.25) is 0 Å². The Labute approximate surface area is 149 Å². The van der Waals surface area contributed by atoms with E-state index in [1.165, 1.54) is 22.3 Å². The first-order valence-electron chi connectivity index (χ1n) is 8.95. The molecular formula is C24H23N. The number of allylic oxidation sites excluding steroid dienone is 1. The molecule has 0 radical (unpaired) electrons. The maximum Gasteiger partial charge on any atom is 0.0250 e. The largest absolute Gasteiger partial charge is 0.326 e. The summed E-state index contributed by atoms with van der Waals surface area (Å²) in [6, 6.07) is 32.1. The van der Waals surface area contributed by atoms with E-state index in [4.69, 9.17) is 5.73 Å². The summed E-state index contributed by atoms with van der Waals surface area (Å²) in [6.07, 6.45) is 3.38. The first-order chi connectivity index (χ1) is 12.3. The van der Waals surface area contributed by atoms with Crippen molar-refractivity contribution in [3.05, 3.63) is 114 Å². The van der Waals surface area contributed by atoms with Crippen molar-refractivity contribution in [3.63, 3.8) is 0 Å². The van der Waals surface area contributed by atoms with Crippen LogP contribution in [0.2, 0.25) is 0 Å². The minimum atomic E-state index is 0.0602. The van der Waals surface area contributed by atoms with Crippen molar-refractivity contribution in [1.29, 1.82) is 0 Å². The fourth-order valence-corrected chi connectivity index (χ4v) is 4.03. The van der Waals surface area contributed by atoms with E-state index in [2.05, 4.69) is 97.1 Å². The molecule has 3 aromatic rings. The van der Waals surface area contributed by atoms with Crippen molar-refractivity contribution < 1.29 is 0 Å². The van der Waals surface area contributed by atoms with Gasteiger partial charge in [-0.25, -0.2) is 0 Å². The van der Waals surface area contributed by atoms with Gasteiger partial charge < -0.3 is 5.73 Å². The maximum absolute atomic E-state index is 6.87. The van der Waals surface area contributed by atoms with Gasteiger partial charge in [0.25, 0.3) is 0 Å². The van der Waals surface area contributed by atoms with E-state index in [0.29, 0.717) is 5.92 Å². The van der Waals surface area contributed by atoms with Gasteiger partial charge in [0.15, 0.2) is 0 Å². The highest BCUT2D eigenvalue weighted by molar-refractivity contribution is 5.74. The minimum absolute atomic E-state index is 0.0602. The molecule has 0 saturated heterocycles. The van der Waals surface area contributed by atoms with Crippen LogP contribution in [0, 0.1) is 0 Å². The first-order valence-corrected chi connectivity index (χ1v) is 8.95. The highest BCUT2D eigenvalue weighted by Crippen LogP contribution is 2.44. The molecule has 1 aliphatic rings. The van der Waals surface area contributed by atoms with Gasteiger partial charge in [0.05, 0.1) is 0 Å². The number of hydrogen-bond acceptors (Lipinski definition) is 1. The van der Waals surface area contributed by atoms with Crippen LogP contribution in [0.1, 0.15) is 34.9 Å². The molecule has 4 rings (SSSR count). The minimum Gasteiger partial charge on any atom is -0.326 e. The molecule has 1 aliphatic carbocycles. The van der Waals surface area contributed by atoms with Crippen LogP contribution in [0.5, 0.6) is 0 Å². The van der Waals surface area contributed by atoms with Crippen LogP contribution in [0.3, 0.4) is 0 Å². The topological polar surface area (TPSA) is 26.0 Å². The Morgan fingerprint density at radius 3 is 1.76 bits per heavy atom. The molecule has 1 heteroatoms. The molecule has 0 amide bonds. The van der Waals surface area contributed by atoms with Gasteiger partial charge in [-0.3, -0.25) is 0 Å². The second-order valence-electron chi connectivity index (χ2n) is 6.74. The number of hydrogen-bond donors (Lipinski definition) is 1. The van der Waals surface area contributed by atoms with Crippen molar-refractivity contribution in [2.45, 2.75) is 24.3 Å². The smallest absolute Gasteiger partial charge is 0.0250 e. The van der Waals surface area contributed by atoms with Crippen molar-refractivity contribution in [3.8, 4) is 0 Å². The van der Waals surface area contributed by atoms with Crippen LogP contribution in [0.15, 0.2) is 97.1 Å². The molecule has 0 aromatic heterocycles. The number of rotatable bonds is 3. The molecule has 0 fully saturated rings. The van der Waals surface area contributed by atoms with Gasteiger partial charge >= 0.3 is 0 Å². The predicted molar refractivity (Wildman–Crippen MR) is 105 cm³/mol. The molecule has 25 heavy (non-hydrogen) atoms. The average Bonchev–Trinajstić information content (AvgIpc) is 2.70. The summed E-state index contributed by atoms with van der Waals surface area (Å²) in [4.78, 5) is 0. The third-order valence-corrected chi connectivity index (χ3v) is 5.27. The highest BCUT2D eigenvalue weighted by Gasteiger charge is 2.34. The molecule has 0 aliphatic heterocycles. The molecule has 3 atom stereocenters. The molecule has 0 saturated carbocycles. The van der Waals surface area contributed by atoms with Gasteiger partial charge in [-0.1, -0.05) is 97.1 Å². The number of nitrogens with two attached hydrogens (primary N) is 1. The molecule has 124 valence electrons. The fourth-order valence-electron chi connectivity index (χ4n) is 4.03. The van der Waals surface area contributed by atoms with Crippen LogP contribution < -0.4 is 5.73 Å². The normalized spacial score (nSPS) is 23.1. The second kappa shape index (κ2) is 7.08. The van der Waals surface area contributed by atoms with Crippen molar-refractivity contribution in [1.82, 2.24) is 0 Å². The predicted octanol–water partition coefficient (Wildman–Crippen LogP) is 5.37. The summed E-state index contributed by atoms with van der Waals surface area (Å²) >= 11 is 0. The highest BCUT2D eigenvalue weighted by atomic mass is 14.7. The van der Waals surface area contributed by atoms with Crippen molar-refractivity contribution in [2.75, 3.05) is 0 Å². The molecule has 0 heterocycles. The zero-order valence-electron chi connectivity index (χ0n) is 14.3. The van der Waals surface area contributed by atoms with Crippen molar-refractivity contribution in [2.24, 2.45) is 5.73 Å². The Morgan fingerprint density at radius 1 is 0.640 bits per heavy atom. The fraction of sp³-hybridized carbons (Fsp3) is 0.167. The summed E-state index contributed by atoms with van der Waals surface area (Å²) in [7, 11) is 0. The summed E-state index contributed by atoms with van der Waals surface area (Å²) in [5, 5.41) is 0. The number of benzene rings is 3. The lowest BCUT2D eigenvalue weighted by molar-refractivity contribution is 0.485. The van der Waals surface area contributed by atoms with E-state index >= 15 is 0 Å². The van der Waals surface area contributed by atoms with E-state index in [1.807, 2.05) is 0 Å². The van der Waals surface area contributed by atoms with Gasteiger partial charge in [-0.05, 0) is 28.7 Å². The molecule has 2 N–H and O–H groups in total. The summed E-state index contributed by atoms with van der Waals surface area (Å²) in [5.74, 6) is 0.557. The lowest BCUT2D eigenvalue weighted by atomic mass is 9.70. The summed E-state index contributed by atoms with van der Waals surface area (Å²) in [5.41, 5.74) is 12.1. The van der Waals surface area contributed by atoms with Gasteiger partial charge in [0, 0.05) is 17.9 Å². The average molecular weight is 325 g/mol. The van der Waals surface area contributed by atoms with Crippen LogP contribution in [-0.4, -0.2) is 6.04 Å². The Morgan fingerprint density at radius 2 is 1.16 bits per heavy atom. The van der Waals surface area contributed by atoms with E-state index in [0.717, 1.165) is 6.42 Å². The lowest BCUT2D eigenvalue weighted by Gasteiger charge is -2.37. The van der Waals surface area contributed by atoms with Gasteiger partial charge in [-0.2, -0.15) is 0 Å². The van der Waals surface area contributed by atoms with E-state index in [-0.39, 0.29) is 12.0 Å². The van der Waals surface area contributed by atoms with Gasteiger partial charge in [-0.15, -0.1) is 0 Å². The molecule has 0 bridgehead atoms. The van der Waals surface area contributed by atoms with Crippen LogP contribution >= 0.6 is 0 Å².